The molecule has 0 aliphatic heterocycles. The summed E-state index contributed by atoms with van der Waals surface area (Å²) in [6.45, 7) is 0.412. The van der Waals surface area contributed by atoms with Crippen molar-refractivity contribution in [1.82, 2.24) is 20.2 Å². The van der Waals surface area contributed by atoms with Crippen LogP contribution >= 0.6 is 0 Å². The van der Waals surface area contributed by atoms with Crippen LogP contribution in [0.4, 0.5) is 0 Å². The molecule has 0 unspecified atom stereocenters. The summed E-state index contributed by atoms with van der Waals surface area (Å²) in [7, 11) is 0. The van der Waals surface area contributed by atoms with Crippen LogP contribution in [0, 0.1) is 0 Å². The third kappa shape index (κ3) is 4.84. The highest BCUT2D eigenvalue weighted by Gasteiger charge is 2.17. The lowest BCUT2D eigenvalue weighted by Crippen LogP contribution is -2.36. The van der Waals surface area contributed by atoms with E-state index in [4.69, 9.17) is 0 Å². The minimum Gasteiger partial charge on any atom is -0.356 e. The van der Waals surface area contributed by atoms with Crippen LogP contribution in [0.1, 0.15) is 38.5 Å². The molecule has 1 aromatic heterocycles. The van der Waals surface area contributed by atoms with Crippen LogP contribution in [0.3, 0.4) is 0 Å². The first-order valence-electron chi connectivity index (χ1n) is 9.32. The maximum Gasteiger partial charge on any atom is 0.328 e. The summed E-state index contributed by atoms with van der Waals surface area (Å²) in [5, 5.41) is 6.08. The van der Waals surface area contributed by atoms with Crippen molar-refractivity contribution in [2.24, 2.45) is 0 Å². The Kier molecular flexibility index (Phi) is 6.05. The van der Waals surface area contributed by atoms with Gasteiger partial charge in [0.2, 0.25) is 11.8 Å². The van der Waals surface area contributed by atoms with Crippen LogP contribution in [0.2, 0.25) is 0 Å². The molecular weight excluding hydrogens is 348 g/mol. The monoisotopic (exact) mass is 372 g/mol. The van der Waals surface area contributed by atoms with Crippen molar-refractivity contribution in [1.29, 1.82) is 0 Å². The highest BCUT2D eigenvalue weighted by Crippen LogP contribution is 2.17. The molecule has 0 radical (unpaired) electrons. The number of nitrogens with zero attached hydrogens (tertiary/aromatic N) is 1. The maximum atomic E-state index is 12.1. The molecule has 0 atom stereocenters. The number of fused-ring (bicyclic) bond motifs is 1. The molecule has 1 saturated carbocycles. The highest BCUT2D eigenvalue weighted by atomic mass is 16.2. The fraction of sp³-hybridized carbons (Fsp3) is 0.474. The van der Waals surface area contributed by atoms with Gasteiger partial charge in [0.05, 0.1) is 10.9 Å². The van der Waals surface area contributed by atoms with Crippen molar-refractivity contribution in [2.45, 2.75) is 51.1 Å². The molecule has 27 heavy (non-hydrogen) atoms. The van der Waals surface area contributed by atoms with E-state index in [1.807, 2.05) is 0 Å². The third-order valence-corrected chi connectivity index (χ3v) is 4.86. The third-order valence-electron chi connectivity index (χ3n) is 4.86. The average molecular weight is 372 g/mol. The van der Waals surface area contributed by atoms with Gasteiger partial charge in [0.25, 0.3) is 5.56 Å². The lowest BCUT2D eigenvalue weighted by molar-refractivity contribution is -0.122. The van der Waals surface area contributed by atoms with Gasteiger partial charge in [-0.1, -0.05) is 25.0 Å². The van der Waals surface area contributed by atoms with Gasteiger partial charge in [-0.3, -0.25) is 23.9 Å². The molecule has 0 spiro atoms. The summed E-state index contributed by atoms with van der Waals surface area (Å²) < 4.78 is 1.38. The normalized spacial score (nSPS) is 14.4. The topological polar surface area (TPSA) is 113 Å². The number of aromatic nitrogens is 2. The fourth-order valence-corrected chi connectivity index (χ4v) is 3.45. The van der Waals surface area contributed by atoms with Crippen molar-refractivity contribution in [2.75, 3.05) is 6.54 Å². The quantitative estimate of drug-likeness (QED) is 0.662. The van der Waals surface area contributed by atoms with E-state index in [9.17, 15) is 19.2 Å². The van der Waals surface area contributed by atoms with Gasteiger partial charge in [-0.25, -0.2) is 4.79 Å². The Morgan fingerprint density at radius 2 is 1.81 bits per heavy atom. The summed E-state index contributed by atoms with van der Waals surface area (Å²) in [6, 6.07) is 7.04. The number of hydrogen-bond donors (Lipinski definition) is 3. The van der Waals surface area contributed by atoms with Gasteiger partial charge in [-0.15, -0.1) is 0 Å². The molecule has 1 aliphatic carbocycles. The number of hydrogen-bond acceptors (Lipinski definition) is 4. The lowest BCUT2D eigenvalue weighted by atomic mass is 10.2. The van der Waals surface area contributed by atoms with Gasteiger partial charge >= 0.3 is 5.69 Å². The minimum absolute atomic E-state index is 0.0509. The van der Waals surface area contributed by atoms with Gasteiger partial charge in [-0.2, -0.15) is 0 Å². The first-order chi connectivity index (χ1) is 13.0. The molecule has 8 heteroatoms. The van der Waals surface area contributed by atoms with E-state index in [1.54, 1.807) is 24.3 Å². The Bertz CT molecular complexity index is 941. The van der Waals surface area contributed by atoms with Gasteiger partial charge in [0.15, 0.2) is 0 Å². The number of amides is 2. The van der Waals surface area contributed by atoms with E-state index in [0.717, 1.165) is 25.7 Å². The second-order valence-corrected chi connectivity index (χ2v) is 6.83. The van der Waals surface area contributed by atoms with Crippen molar-refractivity contribution < 1.29 is 9.59 Å². The summed E-state index contributed by atoms with van der Waals surface area (Å²) in [6.07, 6.45) is 4.69. The molecule has 0 saturated heterocycles. The number of para-hydroxylation sites is 1. The number of aromatic amines is 1. The zero-order valence-electron chi connectivity index (χ0n) is 15.1. The van der Waals surface area contributed by atoms with Crippen LogP contribution in [0.15, 0.2) is 33.9 Å². The van der Waals surface area contributed by atoms with Crippen molar-refractivity contribution in [3.05, 3.63) is 45.1 Å². The van der Waals surface area contributed by atoms with E-state index in [-0.39, 0.29) is 43.8 Å². The summed E-state index contributed by atoms with van der Waals surface area (Å²) in [4.78, 5) is 50.0. The van der Waals surface area contributed by atoms with Gasteiger partial charge in [0.1, 0.15) is 0 Å². The number of aryl methyl sites for hydroxylation is 1. The molecule has 2 amide bonds. The van der Waals surface area contributed by atoms with Gasteiger partial charge in [-0.05, 0) is 25.0 Å². The number of carbonyl (C=O) groups excluding carboxylic acids is 2. The van der Waals surface area contributed by atoms with E-state index in [2.05, 4.69) is 15.6 Å². The number of carbonyl (C=O) groups is 2. The molecule has 144 valence electrons. The van der Waals surface area contributed by atoms with Crippen LogP contribution in [0.25, 0.3) is 10.9 Å². The van der Waals surface area contributed by atoms with Crippen LogP contribution in [-0.2, 0) is 16.1 Å². The smallest absolute Gasteiger partial charge is 0.328 e. The molecule has 2 aromatic rings. The van der Waals surface area contributed by atoms with Crippen molar-refractivity contribution in [3.8, 4) is 0 Å². The molecule has 1 fully saturated rings. The fourth-order valence-electron chi connectivity index (χ4n) is 3.45. The van der Waals surface area contributed by atoms with Crippen molar-refractivity contribution >= 4 is 22.7 Å². The van der Waals surface area contributed by atoms with E-state index in [1.165, 1.54) is 4.57 Å². The second kappa shape index (κ2) is 8.66. The number of benzene rings is 1. The Labute approximate surface area is 156 Å². The Balaban J connectivity index is 1.49. The van der Waals surface area contributed by atoms with E-state index >= 15 is 0 Å². The minimum atomic E-state index is -0.539. The average Bonchev–Trinajstić information content (AvgIpc) is 3.14. The molecule has 3 N–H and O–H groups in total. The molecule has 1 aromatic carbocycles. The molecule has 8 nitrogen and oxygen atoms in total. The number of H-pyrrole nitrogens is 1. The highest BCUT2D eigenvalue weighted by molar-refractivity contribution is 5.80. The Hall–Kier alpha value is -2.90. The Morgan fingerprint density at radius 3 is 2.59 bits per heavy atom. The molecule has 1 heterocycles. The molecular formula is C19H24N4O4. The molecule has 0 bridgehead atoms. The molecule has 1 aliphatic rings. The SMILES string of the molecule is O=C(CCn1c(=O)[nH]c(=O)c2ccccc21)NCCC(=O)NC1CCCC1. The predicted octanol–water partition coefficient (Wildman–Crippen LogP) is 0.645. The van der Waals surface area contributed by atoms with E-state index in [0.29, 0.717) is 10.9 Å². The predicted molar refractivity (Wildman–Crippen MR) is 101 cm³/mol. The zero-order chi connectivity index (χ0) is 19.2. The largest absolute Gasteiger partial charge is 0.356 e. The summed E-state index contributed by atoms with van der Waals surface area (Å²) >= 11 is 0. The number of rotatable bonds is 7. The van der Waals surface area contributed by atoms with Crippen LogP contribution in [0.5, 0.6) is 0 Å². The lowest BCUT2D eigenvalue weighted by Gasteiger charge is -2.12. The standard InChI is InChI=1S/C19H24N4O4/c24-16(20-11-9-17(25)21-13-5-1-2-6-13)10-12-23-15-8-4-3-7-14(15)18(26)22-19(23)27/h3-4,7-8,13H,1-2,5-6,9-12H2,(H,20,24)(H,21,25)(H,22,26,27). The second-order valence-electron chi connectivity index (χ2n) is 6.83. The Morgan fingerprint density at radius 1 is 1.07 bits per heavy atom. The van der Waals surface area contributed by atoms with Gasteiger partial charge < -0.3 is 10.6 Å². The summed E-state index contributed by atoms with van der Waals surface area (Å²) in [5.41, 5.74) is -0.484. The van der Waals surface area contributed by atoms with E-state index < -0.39 is 11.2 Å². The van der Waals surface area contributed by atoms with Crippen molar-refractivity contribution in [3.63, 3.8) is 0 Å². The zero-order valence-corrected chi connectivity index (χ0v) is 15.1. The summed E-state index contributed by atoms with van der Waals surface area (Å²) in [5.74, 6) is -0.295. The van der Waals surface area contributed by atoms with Crippen LogP contribution in [-0.4, -0.2) is 34.0 Å². The first-order valence-corrected chi connectivity index (χ1v) is 9.32. The van der Waals surface area contributed by atoms with Crippen LogP contribution < -0.4 is 21.9 Å². The van der Waals surface area contributed by atoms with Gasteiger partial charge in [0, 0.05) is 32.0 Å². The first kappa shape index (κ1) is 18.9. The molecule has 3 rings (SSSR count). The number of nitrogens with one attached hydrogen (secondary N) is 3. The maximum absolute atomic E-state index is 12.1.